The van der Waals surface area contributed by atoms with Crippen molar-refractivity contribution in [2.75, 3.05) is 6.54 Å². The summed E-state index contributed by atoms with van der Waals surface area (Å²) in [4.78, 5) is 44.2. The molecule has 0 heterocycles. The standard InChI is InChI=1S/C12H20N2O4/c1-8(2)4-5-10(14-7-15)11(17)12(18)13-6-9(3)16/h7-8,10H,4-6H2,1-3H3,(H,13,18)(H,14,15). The molecule has 6 heteroatoms. The zero-order chi connectivity index (χ0) is 14.1. The Labute approximate surface area is 106 Å². The van der Waals surface area contributed by atoms with Crippen LogP contribution in [-0.2, 0) is 19.2 Å². The highest BCUT2D eigenvalue weighted by Crippen LogP contribution is 2.07. The van der Waals surface area contributed by atoms with Crippen LogP contribution in [0.3, 0.4) is 0 Å². The van der Waals surface area contributed by atoms with Crippen LogP contribution < -0.4 is 10.6 Å². The molecule has 0 aliphatic heterocycles. The first-order valence-electron chi connectivity index (χ1n) is 5.89. The molecule has 0 aliphatic carbocycles. The van der Waals surface area contributed by atoms with E-state index in [1.807, 2.05) is 13.8 Å². The number of ketones is 2. The van der Waals surface area contributed by atoms with Crippen molar-refractivity contribution in [3.63, 3.8) is 0 Å². The molecule has 0 saturated heterocycles. The maximum absolute atomic E-state index is 11.7. The molecule has 102 valence electrons. The second-order valence-electron chi connectivity index (χ2n) is 4.56. The fourth-order valence-corrected chi connectivity index (χ4v) is 1.32. The third kappa shape index (κ3) is 6.78. The van der Waals surface area contributed by atoms with Gasteiger partial charge >= 0.3 is 0 Å². The molecule has 1 atom stereocenters. The number of Topliss-reactive ketones (excluding diaryl/α,β-unsaturated/α-hetero) is 2. The van der Waals surface area contributed by atoms with E-state index in [9.17, 15) is 19.2 Å². The van der Waals surface area contributed by atoms with E-state index in [0.717, 1.165) is 6.42 Å². The topological polar surface area (TPSA) is 92.3 Å². The largest absolute Gasteiger partial charge is 0.348 e. The first-order chi connectivity index (χ1) is 8.38. The van der Waals surface area contributed by atoms with Crippen molar-refractivity contribution in [1.29, 1.82) is 0 Å². The van der Waals surface area contributed by atoms with E-state index in [2.05, 4.69) is 10.6 Å². The zero-order valence-electron chi connectivity index (χ0n) is 11.0. The summed E-state index contributed by atoms with van der Waals surface area (Å²) < 4.78 is 0. The van der Waals surface area contributed by atoms with E-state index in [1.165, 1.54) is 6.92 Å². The highest BCUT2D eigenvalue weighted by Gasteiger charge is 2.24. The van der Waals surface area contributed by atoms with Gasteiger partial charge in [-0.2, -0.15) is 0 Å². The Bertz CT molecular complexity index is 326. The average molecular weight is 256 g/mol. The van der Waals surface area contributed by atoms with Crippen molar-refractivity contribution < 1.29 is 19.2 Å². The molecule has 0 bridgehead atoms. The Morgan fingerprint density at radius 3 is 2.22 bits per heavy atom. The van der Waals surface area contributed by atoms with Crippen molar-refractivity contribution in [2.45, 2.75) is 39.7 Å². The van der Waals surface area contributed by atoms with Crippen molar-refractivity contribution in [1.82, 2.24) is 10.6 Å². The van der Waals surface area contributed by atoms with E-state index in [0.29, 0.717) is 18.7 Å². The normalized spacial score (nSPS) is 11.8. The molecule has 18 heavy (non-hydrogen) atoms. The van der Waals surface area contributed by atoms with Gasteiger partial charge in [0.15, 0.2) is 0 Å². The van der Waals surface area contributed by atoms with Crippen molar-refractivity contribution in [3.05, 3.63) is 0 Å². The molecule has 2 amide bonds. The van der Waals surface area contributed by atoms with E-state index in [4.69, 9.17) is 0 Å². The summed E-state index contributed by atoms with van der Waals surface area (Å²) in [5, 5.41) is 4.54. The maximum Gasteiger partial charge on any atom is 0.289 e. The van der Waals surface area contributed by atoms with Crippen LogP contribution in [-0.4, -0.2) is 36.5 Å². The van der Waals surface area contributed by atoms with Crippen LogP contribution in [0, 0.1) is 5.92 Å². The number of nitrogens with one attached hydrogen (secondary N) is 2. The number of amides is 2. The Morgan fingerprint density at radius 1 is 1.17 bits per heavy atom. The molecule has 0 aromatic rings. The van der Waals surface area contributed by atoms with Crippen molar-refractivity contribution >= 4 is 23.9 Å². The Balaban J connectivity index is 4.39. The highest BCUT2D eigenvalue weighted by molar-refractivity contribution is 6.38. The fraction of sp³-hybridized carbons (Fsp3) is 0.667. The average Bonchev–Trinajstić information content (AvgIpc) is 2.30. The van der Waals surface area contributed by atoms with E-state index < -0.39 is 17.7 Å². The van der Waals surface area contributed by atoms with Gasteiger partial charge in [0, 0.05) is 0 Å². The fourth-order valence-electron chi connectivity index (χ4n) is 1.32. The van der Waals surface area contributed by atoms with Gasteiger partial charge in [-0.1, -0.05) is 13.8 Å². The smallest absolute Gasteiger partial charge is 0.289 e. The second-order valence-corrected chi connectivity index (χ2v) is 4.56. The van der Waals surface area contributed by atoms with Gasteiger partial charge in [0.25, 0.3) is 5.91 Å². The minimum Gasteiger partial charge on any atom is -0.348 e. The van der Waals surface area contributed by atoms with Crippen molar-refractivity contribution in [2.24, 2.45) is 5.92 Å². The summed E-state index contributed by atoms with van der Waals surface area (Å²) in [7, 11) is 0. The molecule has 1 unspecified atom stereocenters. The predicted octanol–water partition coefficient (Wildman–Crippen LogP) is -0.188. The van der Waals surface area contributed by atoms with Gasteiger partial charge in [0.05, 0.1) is 12.6 Å². The Kier molecular flexibility index (Phi) is 7.58. The van der Waals surface area contributed by atoms with Crippen LogP contribution in [0.5, 0.6) is 0 Å². The first-order valence-corrected chi connectivity index (χ1v) is 5.89. The number of hydrogen-bond donors (Lipinski definition) is 2. The summed E-state index contributed by atoms with van der Waals surface area (Å²) in [5.74, 6) is -1.43. The van der Waals surface area contributed by atoms with Gasteiger partial charge < -0.3 is 10.6 Å². The molecular weight excluding hydrogens is 236 g/mol. The summed E-state index contributed by atoms with van der Waals surface area (Å²) in [6, 6.07) is -0.822. The lowest BCUT2D eigenvalue weighted by atomic mass is 10.0. The molecule has 0 aromatic carbocycles. The number of carbonyl (C=O) groups excluding carboxylic acids is 4. The molecule has 6 nitrogen and oxygen atoms in total. The molecule has 0 aliphatic rings. The van der Waals surface area contributed by atoms with Gasteiger partial charge in [-0.3, -0.25) is 19.2 Å². The van der Waals surface area contributed by atoms with E-state index >= 15 is 0 Å². The molecular formula is C12H20N2O4. The van der Waals surface area contributed by atoms with Gasteiger partial charge in [0.2, 0.25) is 12.2 Å². The molecule has 0 saturated carbocycles. The summed E-state index contributed by atoms with van der Waals surface area (Å²) in [6.45, 7) is 5.10. The minimum atomic E-state index is -0.840. The third-order valence-electron chi connectivity index (χ3n) is 2.34. The second kappa shape index (κ2) is 8.38. The molecule has 2 N–H and O–H groups in total. The SMILES string of the molecule is CC(=O)CNC(=O)C(=O)C(CCC(C)C)NC=O. The van der Waals surface area contributed by atoms with Gasteiger partial charge in [-0.25, -0.2) is 0 Å². The summed E-state index contributed by atoms with van der Waals surface area (Å²) in [6.07, 6.45) is 1.53. The van der Waals surface area contributed by atoms with Gasteiger partial charge in [-0.05, 0) is 25.7 Å². The molecule has 0 rings (SSSR count). The van der Waals surface area contributed by atoms with E-state index in [1.54, 1.807) is 0 Å². The van der Waals surface area contributed by atoms with Crippen LogP contribution in [0.15, 0.2) is 0 Å². The first kappa shape index (κ1) is 16.3. The van der Waals surface area contributed by atoms with Crippen molar-refractivity contribution in [3.8, 4) is 0 Å². The van der Waals surface area contributed by atoms with Gasteiger partial charge in [0.1, 0.15) is 5.78 Å². The number of hydrogen-bond acceptors (Lipinski definition) is 4. The Hall–Kier alpha value is -1.72. The lowest BCUT2D eigenvalue weighted by Crippen LogP contribution is -2.46. The molecule has 0 aromatic heterocycles. The maximum atomic E-state index is 11.7. The number of carbonyl (C=O) groups is 4. The lowest BCUT2D eigenvalue weighted by molar-refractivity contribution is -0.140. The van der Waals surface area contributed by atoms with Crippen LogP contribution in [0.1, 0.15) is 33.6 Å². The lowest BCUT2D eigenvalue weighted by Gasteiger charge is -2.15. The van der Waals surface area contributed by atoms with E-state index in [-0.39, 0.29) is 12.3 Å². The minimum absolute atomic E-state index is 0.178. The summed E-state index contributed by atoms with van der Waals surface area (Å²) >= 11 is 0. The van der Waals surface area contributed by atoms with Crippen LogP contribution >= 0.6 is 0 Å². The van der Waals surface area contributed by atoms with Crippen LogP contribution in [0.25, 0.3) is 0 Å². The monoisotopic (exact) mass is 256 g/mol. The van der Waals surface area contributed by atoms with Crippen LogP contribution in [0.2, 0.25) is 0 Å². The predicted molar refractivity (Wildman–Crippen MR) is 65.8 cm³/mol. The highest BCUT2D eigenvalue weighted by atomic mass is 16.2. The quantitative estimate of drug-likeness (QED) is 0.442. The van der Waals surface area contributed by atoms with Gasteiger partial charge in [-0.15, -0.1) is 0 Å². The third-order valence-corrected chi connectivity index (χ3v) is 2.34. The van der Waals surface area contributed by atoms with Crippen LogP contribution in [0.4, 0.5) is 0 Å². The summed E-state index contributed by atoms with van der Waals surface area (Å²) in [5.41, 5.74) is 0. The molecule has 0 spiro atoms. The number of rotatable bonds is 9. The molecule has 0 fully saturated rings. The Morgan fingerprint density at radius 2 is 1.78 bits per heavy atom. The zero-order valence-corrected chi connectivity index (χ0v) is 11.0. The molecule has 0 radical (unpaired) electrons.